The van der Waals surface area contributed by atoms with Crippen molar-refractivity contribution in [2.45, 2.75) is 161 Å². The second-order valence-corrected chi connectivity index (χ2v) is 9.55. The molecule has 0 atom stereocenters. The van der Waals surface area contributed by atoms with Crippen molar-refractivity contribution in [3.63, 3.8) is 0 Å². The number of allylic oxidation sites excluding steroid dienone is 1. The second-order valence-electron chi connectivity index (χ2n) is 9.55. The number of hydrogen-bond acceptors (Lipinski definition) is 2. The first-order valence-corrected chi connectivity index (χ1v) is 14.0. The normalized spacial score (nSPS) is 11.0. The van der Waals surface area contributed by atoms with E-state index in [1.54, 1.807) is 0 Å². The maximum atomic E-state index is 10.7. The molecule has 184 valence electrons. The minimum Gasteiger partial charge on any atom is -0.466 e. The number of unbranched alkanes of at least 4 members (excludes halogenated alkanes) is 23. The second kappa shape index (κ2) is 27.2. The minimum atomic E-state index is -0.151. The van der Waals surface area contributed by atoms with E-state index in [2.05, 4.69) is 6.58 Å². The van der Waals surface area contributed by atoms with Crippen LogP contribution in [0.2, 0.25) is 0 Å². The molecular weight excluding hydrogens is 380 g/mol. The quantitative estimate of drug-likeness (QED) is 0.0765. The van der Waals surface area contributed by atoms with Gasteiger partial charge in [0, 0.05) is 6.92 Å². The third-order valence-electron chi connectivity index (χ3n) is 6.36. The molecule has 31 heavy (non-hydrogen) atoms. The lowest BCUT2D eigenvalue weighted by molar-refractivity contribution is -0.141. The Labute approximate surface area is 196 Å². The average Bonchev–Trinajstić information content (AvgIpc) is 2.76. The lowest BCUT2D eigenvalue weighted by atomic mass is 10.0. The number of carbonyl (C=O) groups excluding carboxylic acids is 1. The van der Waals surface area contributed by atoms with Gasteiger partial charge in [-0.3, -0.25) is 4.79 Å². The molecule has 0 radical (unpaired) electrons. The maximum Gasteiger partial charge on any atom is 0.302 e. The lowest BCUT2D eigenvalue weighted by Crippen LogP contribution is -2.00. The summed E-state index contributed by atoms with van der Waals surface area (Å²) in [5.41, 5.74) is 0. The van der Waals surface area contributed by atoms with E-state index < -0.39 is 0 Å². The van der Waals surface area contributed by atoms with Crippen molar-refractivity contribution in [3.05, 3.63) is 12.7 Å². The van der Waals surface area contributed by atoms with Crippen molar-refractivity contribution in [2.75, 3.05) is 6.61 Å². The molecule has 0 heterocycles. The zero-order valence-electron chi connectivity index (χ0n) is 21.3. The van der Waals surface area contributed by atoms with Gasteiger partial charge in [-0.15, -0.1) is 6.58 Å². The molecule has 0 bridgehead atoms. The van der Waals surface area contributed by atoms with Crippen molar-refractivity contribution in [2.24, 2.45) is 0 Å². The van der Waals surface area contributed by atoms with Crippen LogP contribution in [0.3, 0.4) is 0 Å². The first-order chi connectivity index (χ1) is 15.3. The van der Waals surface area contributed by atoms with Gasteiger partial charge in [0.1, 0.15) is 0 Å². The lowest BCUT2D eigenvalue weighted by Gasteiger charge is -2.04. The Morgan fingerprint density at radius 3 is 1.03 bits per heavy atom. The fourth-order valence-electron chi connectivity index (χ4n) is 4.32. The molecule has 0 aromatic rings. The number of hydrogen-bond donors (Lipinski definition) is 0. The third-order valence-corrected chi connectivity index (χ3v) is 6.36. The van der Waals surface area contributed by atoms with Crippen molar-refractivity contribution in [1.82, 2.24) is 0 Å². The van der Waals surface area contributed by atoms with Crippen molar-refractivity contribution in [1.29, 1.82) is 0 Å². The monoisotopic (exact) mass is 436 g/mol. The Morgan fingerprint density at radius 2 is 0.774 bits per heavy atom. The van der Waals surface area contributed by atoms with E-state index in [1.165, 1.54) is 155 Å². The summed E-state index contributed by atoms with van der Waals surface area (Å²) >= 11 is 0. The van der Waals surface area contributed by atoms with E-state index in [9.17, 15) is 4.79 Å². The predicted octanol–water partition coefficient (Wildman–Crippen LogP) is 10.1. The topological polar surface area (TPSA) is 26.3 Å². The first-order valence-electron chi connectivity index (χ1n) is 14.0. The third kappa shape index (κ3) is 29.2. The summed E-state index contributed by atoms with van der Waals surface area (Å²) in [6, 6.07) is 0. The zero-order valence-corrected chi connectivity index (χ0v) is 21.3. The van der Waals surface area contributed by atoms with Crippen LogP contribution in [-0.4, -0.2) is 12.6 Å². The van der Waals surface area contributed by atoms with Gasteiger partial charge in [0.25, 0.3) is 0 Å². The van der Waals surface area contributed by atoms with Gasteiger partial charge in [-0.05, 0) is 19.3 Å². The van der Waals surface area contributed by atoms with Gasteiger partial charge in [-0.1, -0.05) is 141 Å². The van der Waals surface area contributed by atoms with E-state index in [-0.39, 0.29) is 5.97 Å². The first kappa shape index (κ1) is 30.2. The van der Waals surface area contributed by atoms with Crippen molar-refractivity contribution in [3.8, 4) is 0 Å². The van der Waals surface area contributed by atoms with E-state index in [0.29, 0.717) is 6.61 Å². The van der Waals surface area contributed by atoms with Gasteiger partial charge in [-0.2, -0.15) is 0 Å². The molecule has 2 heteroatoms. The molecule has 0 aromatic heterocycles. The van der Waals surface area contributed by atoms with Crippen LogP contribution in [-0.2, 0) is 9.53 Å². The summed E-state index contributed by atoms with van der Waals surface area (Å²) in [6.07, 6.45) is 35.3. The molecular formula is C29H56O2. The van der Waals surface area contributed by atoms with Gasteiger partial charge in [-0.25, -0.2) is 0 Å². The molecule has 0 rings (SSSR count). The smallest absolute Gasteiger partial charge is 0.302 e. The van der Waals surface area contributed by atoms with Crippen LogP contribution >= 0.6 is 0 Å². The Bertz CT molecular complexity index is 364. The molecule has 0 N–H and O–H groups in total. The molecule has 0 aliphatic heterocycles. The van der Waals surface area contributed by atoms with E-state index in [1.807, 2.05) is 6.08 Å². The van der Waals surface area contributed by atoms with Gasteiger partial charge in [0.05, 0.1) is 6.61 Å². The van der Waals surface area contributed by atoms with Crippen LogP contribution in [0.5, 0.6) is 0 Å². The maximum absolute atomic E-state index is 10.7. The van der Waals surface area contributed by atoms with Crippen molar-refractivity contribution < 1.29 is 9.53 Å². The Hall–Kier alpha value is -0.790. The number of rotatable bonds is 26. The van der Waals surface area contributed by atoms with Crippen LogP contribution in [0.1, 0.15) is 161 Å². The number of esters is 1. The predicted molar refractivity (Wildman–Crippen MR) is 138 cm³/mol. The molecule has 0 saturated heterocycles. The SMILES string of the molecule is C=CCCCCCCCCCCCCCCCCCCCCCCCCCOC(C)=O. The van der Waals surface area contributed by atoms with Gasteiger partial charge in [0.2, 0.25) is 0 Å². The fourth-order valence-corrected chi connectivity index (χ4v) is 4.32. The largest absolute Gasteiger partial charge is 0.466 e. The van der Waals surface area contributed by atoms with Crippen LogP contribution in [0, 0.1) is 0 Å². The average molecular weight is 437 g/mol. The van der Waals surface area contributed by atoms with Crippen LogP contribution in [0.25, 0.3) is 0 Å². The number of carbonyl (C=O) groups is 1. The van der Waals surface area contributed by atoms with Gasteiger partial charge >= 0.3 is 5.97 Å². The highest BCUT2D eigenvalue weighted by atomic mass is 16.5. The van der Waals surface area contributed by atoms with Crippen LogP contribution in [0.4, 0.5) is 0 Å². The standard InChI is InChI=1S/C29H56O2/c1-3-4-5-6-7-8-9-10-11-12-13-14-15-16-17-18-19-20-21-22-23-24-25-26-27-28-31-29(2)30/h3H,1,4-28H2,2H3. The van der Waals surface area contributed by atoms with E-state index in [4.69, 9.17) is 4.74 Å². The van der Waals surface area contributed by atoms with Gasteiger partial charge in [0.15, 0.2) is 0 Å². The molecule has 2 nitrogen and oxygen atoms in total. The Morgan fingerprint density at radius 1 is 0.516 bits per heavy atom. The highest BCUT2D eigenvalue weighted by Crippen LogP contribution is 2.15. The molecule has 0 unspecified atom stereocenters. The molecule has 0 spiro atoms. The van der Waals surface area contributed by atoms with Crippen molar-refractivity contribution >= 4 is 5.97 Å². The van der Waals surface area contributed by atoms with Crippen LogP contribution < -0.4 is 0 Å². The molecule has 0 aromatic carbocycles. The summed E-state index contributed by atoms with van der Waals surface area (Å²) in [5.74, 6) is -0.151. The summed E-state index contributed by atoms with van der Waals surface area (Å²) in [4.78, 5) is 10.7. The van der Waals surface area contributed by atoms with Crippen LogP contribution in [0.15, 0.2) is 12.7 Å². The molecule has 0 aliphatic carbocycles. The number of ether oxygens (including phenoxy) is 1. The molecule has 0 amide bonds. The minimum absolute atomic E-state index is 0.151. The van der Waals surface area contributed by atoms with E-state index >= 15 is 0 Å². The summed E-state index contributed by atoms with van der Waals surface area (Å²) in [5, 5.41) is 0. The summed E-state index contributed by atoms with van der Waals surface area (Å²) in [6.45, 7) is 5.87. The summed E-state index contributed by atoms with van der Waals surface area (Å²) in [7, 11) is 0. The van der Waals surface area contributed by atoms with Gasteiger partial charge < -0.3 is 4.74 Å². The zero-order chi connectivity index (χ0) is 22.7. The summed E-state index contributed by atoms with van der Waals surface area (Å²) < 4.78 is 4.95. The molecule has 0 fully saturated rings. The molecule has 0 aliphatic rings. The molecule has 0 saturated carbocycles. The van der Waals surface area contributed by atoms with E-state index in [0.717, 1.165) is 6.42 Å². The Balaban J connectivity index is 3.00. The Kier molecular flexibility index (Phi) is 26.5. The highest BCUT2D eigenvalue weighted by molar-refractivity contribution is 5.65. The highest BCUT2D eigenvalue weighted by Gasteiger charge is 1.97. The fraction of sp³-hybridized carbons (Fsp3) is 0.897.